The molecule has 1 aromatic carbocycles. The van der Waals surface area contributed by atoms with Crippen molar-refractivity contribution in [2.75, 3.05) is 33.1 Å². The van der Waals surface area contributed by atoms with Crippen LogP contribution in [0.2, 0.25) is 0 Å². The van der Waals surface area contributed by atoms with E-state index in [2.05, 4.69) is 26.0 Å². The van der Waals surface area contributed by atoms with Crippen molar-refractivity contribution in [3.05, 3.63) is 64.7 Å². The molecule has 1 saturated carbocycles. The smallest absolute Gasteiger partial charge is 0.333 e. The minimum atomic E-state index is -4.02. The van der Waals surface area contributed by atoms with Gasteiger partial charge in [-0.05, 0) is 80.4 Å². The van der Waals surface area contributed by atoms with Crippen molar-refractivity contribution in [1.29, 1.82) is 0 Å². The number of benzene rings is 1. The van der Waals surface area contributed by atoms with Crippen LogP contribution in [-0.4, -0.2) is 52.1 Å². The van der Waals surface area contributed by atoms with E-state index in [1.807, 2.05) is 32.3 Å². The lowest BCUT2D eigenvalue weighted by atomic mass is 9.61. The number of carbonyl (C=O) groups is 1. The molecule has 0 saturated heterocycles. The van der Waals surface area contributed by atoms with Gasteiger partial charge in [-0.25, -0.2) is 22.9 Å². The second-order valence-electron chi connectivity index (χ2n) is 10.5. The standard InChI is InChI=1S/C28H34N4O4S/c1-32(2)18-28(13-5-14-28)21-9-10-22(17-21)37(34,35)31-27(33)30-26-23-7-4-6-19(23)8-11-24(26)20-12-15-29-25(16-20)36-3/h8-12,15-17,21H,4-7,13-14,18H2,1-3H3,(H2,30,31,33). The topological polar surface area (TPSA) is 101 Å². The number of hydrogen-bond acceptors (Lipinski definition) is 6. The molecule has 5 rings (SSSR count). The number of urea groups is 1. The van der Waals surface area contributed by atoms with Gasteiger partial charge in [0, 0.05) is 30.3 Å². The van der Waals surface area contributed by atoms with E-state index in [-0.39, 0.29) is 16.2 Å². The zero-order chi connectivity index (χ0) is 26.2. The molecule has 9 heteroatoms. The van der Waals surface area contributed by atoms with Crippen LogP contribution >= 0.6 is 0 Å². The Kier molecular flexibility index (Phi) is 6.85. The number of methoxy groups -OCH3 is 1. The summed E-state index contributed by atoms with van der Waals surface area (Å²) in [5.74, 6) is 0.507. The lowest BCUT2D eigenvalue weighted by Crippen LogP contribution is -2.44. The average Bonchev–Trinajstić information content (AvgIpc) is 3.52. The van der Waals surface area contributed by atoms with Crippen molar-refractivity contribution in [2.24, 2.45) is 11.3 Å². The Morgan fingerprint density at radius 3 is 2.70 bits per heavy atom. The summed E-state index contributed by atoms with van der Waals surface area (Å²) in [6, 6.07) is 6.90. The minimum absolute atomic E-state index is 0.0453. The number of anilines is 1. The Morgan fingerprint density at radius 2 is 2.00 bits per heavy atom. The lowest BCUT2D eigenvalue weighted by molar-refractivity contribution is 0.0612. The summed E-state index contributed by atoms with van der Waals surface area (Å²) < 4.78 is 33.9. The summed E-state index contributed by atoms with van der Waals surface area (Å²) >= 11 is 0. The predicted molar refractivity (Wildman–Crippen MR) is 145 cm³/mol. The van der Waals surface area contributed by atoms with Crippen molar-refractivity contribution in [1.82, 2.24) is 14.6 Å². The van der Waals surface area contributed by atoms with E-state index < -0.39 is 16.1 Å². The first-order valence-electron chi connectivity index (χ1n) is 12.7. The Balaban J connectivity index is 1.37. The molecule has 8 nitrogen and oxygen atoms in total. The molecule has 1 aromatic heterocycles. The summed E-state index contributed by atoms with van der Waals surface area (Å²) in [5.41, 5.74) is 4.52. The van der Waals surface area contributed by atoms with Crippen LogP contribution in [0.5, 0.6) is 5.88 Å². The zero-order valence-corrected chi connectivity index (χ0v) is 22.4. The van der Waals surface area contributed by atoms with Gasteiger partial charge >= 0.3 is 6.03 Å². The van der Waals surface area contributed by atoms with Crippen LogP contribution in [-0.2, 0) is 22.9 Å². The van der Waals surface area contributed by atoms with Gasteiger partial charge < -0.3 is 15.0 Å². The summed E-state index contributed by atoms with van der Waals surface area (Å²) in [6.45, 7) is 0.904. The number of aromatic nitrogens is 1. The molecule has 1 atom stereocenters. The number of amides is 2. The fourth-order valence-corrected chi connectivity index (χ4v) is 6.96. The summed E-state index contributed by atoms with van der Waals surface area (Å²) in [7, 11) is 1.62. The van der Waals surface area contributed by atoms with Gasteiger partial charge in [-0.3, -0.25) is 0 Å². The van der Waals surface area contributed by atoms with Crippen molar-refractivity contribution in [3.63, 3.8) is 0 Å². The molecular formula is C28H34N4O4S. The molecule has 2 aromatic rings. The Hall–Kier alpha value is -3.17. The van der Waals surface area contributed by atoms with Crippen LogP contribution in [0.3, 0.4) is 0 Å². The Labute approximate surface area is 218 Å². The third kappa shape index (κ3) is 5.02. The first-order valence-corrected chi connectivity index (χ1v) is 14.2. The number of aryl methyl sites for hydroxylation is 1. The number of hydrogen-bond donors (Lipinski definition) is 2. The molecule has 1 heterocycles. The largest absolute Gasteiger partial charge is 0.481 e. The Morgan fingerprint density at radius 1 is 1.19 bits per heavy atom. The van der Waals surface area contributed by atoms with Gasteiger partial charge in [-0.1, -0.05) is 30.7 Å². The summed E-state index contributed by atoms with van der Waals surface area (Å²) in [4.78, 5) is 19.6. The van der Waals surface area contributed by atoms with E-state index in [9.17, 15) is 13.2 Å². The number of pyridine rings is 1. The monoisotopic (exact) mass is 522 g/mol. The van der Waals surface area contributed by atoms with Crippen molar-refractivity contribution in [2.45, 2.75) is 38.5 Å². The maximum Gasteiger partial charge on any atom is 0.333 e. The van der Waals surface area contributed by atoms with Gasteiger partial charge in [0.25, 0.3) is 10.0 Å². The number of fused-ring (bicyclic) bond motifs is 1. The van der Waals surface area contributed by atoms with E-state index in [0.717, 1.165) is 61.8 Å². The van der Waals surface area contributed by atoms with Crippen molar-refractivity contribution >= 4 is 21.7 Å². The molecule has 2 amide bonds. The highest BCUT2D eigenvalue weighted by Crippen LogP contribution is 2.50. The quantitative estimate of drug-likeness (QED) is 0.530. The minimum Gasteiger partial charge on any atom is -0.481 e. The SMILES string of the molecule is COc1cc(-c2ccc3c(c2NC(=O)NS(=O)(=O)C2=CC(C4(CN(C)C)CCC4)C=C2)CCC3)ccn1. The van der Waals surface area contributed by atoms with Gasteiger partial charge in [0.2, 0.25) is 5.88 Å². The van der Waals surface area contributed by atoms with Crippen LogP contribution in [0, 0.1) is 11.3 Å². The van der Waals surface area contributed by atoms with Crippen LogP contribution < -0.4 is 14.8 Å². The van der Waals surface area contributed by atoms with Gasteiger partial charge in [-0.2, -0.15) is 0 Å². The molecule has 3 aliphatic carbocycles. The van der Waals surface area contributed by atoms with Crippen LogP contribution in [0.1, 0.15) is 36.8 Å². The molecule has 0 spiro atoms. The molecule has 0 bridgehead atoms. The summed E-state index contributed by atoms with van der Waals surface area (Å²) in [5, 5.41) is 2.87. The third-order valence-electron chi connectivity index (χ3n) is 7.81. The maximum absolute atomic E-state index is 13.2. The highest BCUT2D eigenvalue weighted by molar-refractivity contribution is 7.94. The third-order valence-corrected chi connectivity index (χ3v) is 9.16. The molecule has 3 aliphatic rings. The predicted octanol–water partition coefficient (Wildman–Crippen LogP) is 4.50. The van der Waals surface area contributed by atoms with E-state index in [1.165, 1.54) is 5.56 Å². The highest BCUT2D eigenvalue weighted by Gasteiger charge is 2.44. The number of allylic oxidation sites excluding steroid dienone is 3. The van der Waals surface area contributed by atoms with Gasteiger partial charge in [0.05, 0.1) is 17.7 Å². The molecule has 2 N–H and O–H groups in total. The van der Waals surface area contributed by atoms with Gasteiger partial charge in [-0.15, -0.1) is 0 Å². The van der Waals surface area contributed by atoms with Crippen molar-refractivity contribution < 1.29 is 17.9 Å². The second kappa shape index (κ2) is 9.95. The van der Waals surface area contributed by atoms with E-state index in [4.69, 9.17) is 4.74 Å². The van der Waals surface area contributed by atoms with Gasteiger partial charge in [0.1, 0.15) is 0 Å². The first kappa shape index (κ1) is 25.5. The fourth-order valence-electron chi connectivity index (χ4n) is 5.96. The number of sulfonamides is 1. The van der Waals surface area contributed by atoms with Gasteiger partial charge in [0.15, 0.2) is 0 Å². The molecular weight excluding hydrogens is 488 g/mol. The molecule has 1 fully saturated rings. The summed E-state index contributed by atoms with van der Waals surface area (Å²) in [6.07, 6.45) is 13.1. The number of rotatable bonds is 8. The van der Waals surface area contributed by atoms with E-state index in [1.54, 1.807) is 31.5 Å². The molecule has 1 unspecified atom stereocenters. The van der Waals surface area contributed by atoms with Crippen molar-refractivity contribution in [3.8, 4) is 17.0 Å². The zero-order valence-electron chi connectivity index (χ0n) is 21.6. The lowest BCUT2D eigenvalue weighted by Gasteiger charge is -2.47. The van der Waals surface area contributed by atoms with E-state index >= 15 is 0 Å². The highest BCUT2D eigenvalue weighted by atomic mass is 32.2. The normalized spacial score (nSPS) is 19.8. The first-order chi connectivity index (χ1) is 17.7. The molecule has 37 heavy (non-hydrogen) atoms. The second-order valence-corrected chi connectivity index (χ2v) is 12.2. The number of ether oxygens (including phenoxy) is 1. The molecule has 0 radical (unpaired) electrons. The van der Waals surface area contributed by atoms with Crippen LogP contribution in [0.25, 0.3) is 11.1 Å². The fraction of sp³-hybridized carbons (Fsp3) is 0.429. The van der Waals surface area contributed by atoms with Crippen LogP contribution in [0.15, 0.2) is 53.6 Å². The average molecular weight is 523 g/mol. The van der Waals surface area contributed by atoms with Crippen LogP contribution in [0.4, 0.5) is 10.5 Å². The molecule has 0 aliphatic heterocycles. The Bertz CT molecular complexity index is 1380. The number of nitrogens with zero attached hydrogens (tertiary/aromatic N) is 2. The number of carbonyl (C=O) groups excluding carboxylic acids is 1. The maximum atomic E-state index is 13.2. The number of nitrogens with one attached hydrogen (secondary N) is 2. The molecule has 196 valence electrons. The van der Waals surface area contributed by atoms with E-state index in [0.29, 0.717) is 11.6 Å².